The number of halogens is 1. The van der Waals surface area contributed by atoms with Crippen molar-refractivity contribution in [1.82, 2.24) is 24.4 Å². The Kier molecular flexibility index (Phi) is 6.51. The molecule has 1 aromatic carbocycles. The van der Waals surface area contributed by atoms with E-state index in [-0.39, 0.29) is 18.1 Å². The topological polar surface area (TPSA) is 111 Å². The van der Waals surface area contributed by atoms with E-state index in [4.69, 9.17) is 15.5 Å². The molecular weight excluding hydrogens is 461 g/mol. The van der Waals surface area contributed by atoms with Gasteiger partial charge in [0, 0.05) is 37.6 Å². The molecule has 1 saturated heterocycles. The minimum Gasteiger partial charge on any atom is -0.489 e. The van der Waals surface area contributed by atoms with Crippen molar-refractivity contribution in [2.24, 2.45) is 5.73 Å². The number of piperidine rings is 1. The summed E-state index contributed by atoms with van der Waals surface area (Å²) in [5.41, 5.74) is 8.35. The fourth-order valence-electron chi connectivity index (χ4n) is 4.29. The van der Waals surface area contributed by atoms with E-state index >= 15 is 0 Å². The summed E-state index contributed by atoms with van der Waals surface area (Å²) in [5, 5.41) is 3.21. The van der Waals surface area contributed by atoms with Gasteiger partial charge >= 0.3 is 0 Å². The van der Waals surface area contributed by atoms with Crippen LogP contribution in [0.25, 0.3) is 16.9 Å². The van der Waals surface area contributed by atoms with Crippen LogP contribution in [0.1, 0.15) is 37.0 Å². The van der Waals surface area contributed by atoms with Crippen molar-refractivity contribution in [2.75, 3.05) is 18.4 Å². The Balaban J connectivity index is 1.45. The van der Waals surface area contributed by atoms with Crippen LogP contribution in [0.2, 0.25) is 0 Å². The normalized spacial score (nSPS) is 15.9. The third-order valence-corrected chi connectivity index (χ3v) is 5.98. The number of nitrogens with zero attached hydrogens (tertiary/aromatic N) is 5. The smallest absolute Gasteiger partial charge is 0.255 e. The Morgan fingerprint density at radius 1 is 1.22 bits per heavy atom. The van der Waals surface area contributed by atoms with E-state index < -0.39 is 5.82 Å². The number of amides is 1. The summed E-state index contributed by atoms with van der Waals surface area (Å²) in [6.07, 6.45) is 6.72. The summed E-state index contributed by atoms with van der Waals surface area (Å²) < 4.78 is 21.4. The molecule has 0 bridgehead atoms. The van der Waals surface area contributed by atoms with Crippen LogP contribution in [0.3, 0.4) is 0 Å². The van der Waals surface area contributed by atoms with Crippen molar-refractivity contribution in [1.29, 1.82) is 0 Å². The van der Waals surface area contributed by atoms with Gasteiger partial charge < -0.3 is 25.3 Å². The predicted octanol–water partition coefficient (Wildman–Crippen LogP) is 4.05. The Labute approximate surface area is 208 Å². The molecule has 4 heterocycles. The number of anilines is 2. The molecule has 10 heteroatoms. The third kappa shape index (κ3) is 4.99. The number of carbonyl (C=O) groups is 1. The maximum atomic E-state index is 13.8. The van der Waals surface area contributed by atoms with Crippen LogP contribution >= 0.6 is 0 Å². The first-order valence-corrected chi connectivity index (χ1v) is 12.0. The molecule has 9 nitrogen and oxygen atoms in total. The molecule has 4 aromatic rings. The number of pyridine rings is 1. The van der Waals surface area contributed by atoms with Crippen molar-refractivity contribution >= 4 is 28.4 Å². The lowest BCUT2D eigenvalue weighted by molar-refractivity contribution is 0.0709. The van der Waals surface area contributed by atoms with Crippen molar-refractivity contribution < 1.29 is 13.9 Å². The second kappa shape index (κ2) is 9.90. The molecule has 1 aliphatic heterocycles. The third-order valence-electron chi connectivity index (χ3n) is 5.98. The van der Waals surface area contributed by atoms with E-state index in [1.165, 1.54) is 18.5 Å². The van der Waals surface area contributed by atoms with Crippen LogP contribution < -0.4 is 15.8 Å². The molecule has 1 atom stereocenters. The lowest BCUT2D eigenvalue weighted by Crippen LogP contribution is -2.45. The molecule has 5 rings (SSSR count). The summed E-state index contributed by atoms with van der Waals surface area (Å²) in [4.78, 5) is 28.2. The van der Waals surface area contributed by atoms with Gasteiger partial charge in [-0.1, -0.05) is 0 Å². The van der Waals surface area contributed by atoms with Crippen LogP contribution in [0, 0.1) is 5.82 Å². The van der Waals surface area contributed by atoms with Gasteiger partial charge in [0.15, 0.2) is 5.82 Å². The van der Waals surface area contributed by atoms with Crippen molar-refractivity contribution in [3.05, 3.63) is 66.5 Å². The number of aromatic nitrogens is 4. The van der Waals surface area contributed by atoms with Crippen molar-refractivity contribution in [3.63, 3.8) is 0 Å². The first-order valence-electron chi connectivity index (χ1n) is 12.0. The maximum absolute atomic E-state index is 13.8. The van der Waals surface area contributed by atoms with Crippen LogP contribution in [0.5, 0.6) is 5.75 Å². The lowest BCUT2D eigenvalue weighted by atomic mass is 10.1. The number of nitrogens with two attached hydrogens (primary N) is 1. The van der Waals surface area contributed by atoms with Gasteiger partial charge in [0.05, 0.1) is 22.9 Å². The molecule has 3 aromatic heterocycles. The Morgan fingerprint density at radius 2 is 2.08 bits per heavy atom. The van der Waals surface area contributed by atoms with E-state index in [9.17, 15) is 9.18 Å². The van der Waals surface area contributed by atoms with Gasteiger partial charge in [-0.15, -0.1) is 0 Å². The molecule has 1 amide bonds. The standard InChI is InChI=1S/C26H28FN7O2/c1-16(2)36-22-12-18(27)5-6-20(22)31-25-24-21(29-15-30-25)7-8-23(32-24)33-11-9-17(13-33)26(35)34-10-3-4-19(28)14-34/h5-9,11-13,15-16,19H,3-4,10,14,28H2,1-2H3,(H,29,30,31)/t19-/m1/s1. The van der Waals surface area contributed by atoms with E-state index in [1.54, 1.807) is 34.0 Å². The zero-order chi connectivity index (χ0) is 25.2. The predicted molar refractivity (Wildman–Crippen MR) is 135 cm³/mol. The summed E-state index contributed by atoms with van der Waals surface area (Å²) in [7, 11) is 0. The summed E-state index contributed by atoms with van der Waals surface area (Å²) in [6.45, 7) is 5.03. The largest absolute Gasteiger partial charge is 0.489 e. The van der Waals surface area contributed by atoms with Gasteiger partial charge in [0.25, 0.3) is 5.91 Å². The Morgan fingerprint density at radius 3 is 2.89 bits per heavy atom. The number of fused-ring (bicyclic) bond motifs is 1. The quantitative estimate of drug-likeness (QED) is 0.420. The molecule has 1 aliphatic rings. The molecule has 0 spiro atoms. The second-order valence-electron chi connectivity index (χ2n) is 9.15. The second-order valence-corrected chi connectivity index (χ2v) is 9.15. The average Bonchev–Trinajstić information content (AvgIpc) is 3.35. The maximum Gasteiger partial charge on any atom is 0.255 e. The zero-order valence-electron chi connectivity index (χ0n) is 20.2. The number of likely N-dealkylation sites (tertiary alicyclic amines) is 1. The van der Waals surface area contributed by atoms with Crippen molar-refractivity contribution in [3.8, 4) is 11.6 Å². The number of rotatable bonds is 6. The van der Waals surface area contributed by atoms with Gasteiger partial charge in [-0.05, 0) is 57.0 Å². The number of carbonyl (C=O) groups excluding carboxylic acids is 1. The van der Waals surface area contributed by atoms with Crippen LogP contribution in [-0.4, -0.2) is 55.6 Å². The number of nitrogens with one attached hydrogen (secondary N) is 1. The van der Waals surface area contributed by atoms with E-state index in [2.05, 4.69) is 15.3 Å². The fraction of sp³-hybridized carbons (Fsp3) is 0.308. The van der Waals surface area contributed by atoms with Crippen LogP contribution in [0.4, 0.5) is 15.9 Å². The fourth-order valence-corrected chi connectivity index (χ4v) is 4.29. The highest BCUT2D eigenvalue weighted by Gasteiger charge is 2.23. The summed E-state index contributed by atoms with van der Waals surface area (Å²) >= 11 is 0. The molecule has 3 N–H and O–H groups in total. The SMILES string of the molecule is CC(C)Oc1cc(F)ccc1Nc1ncnc2ccc(-n3ccc(C(=O)N4CCC[C@@H](N)C4)c3)nc12. The molecule has 0 aliphatic carbocycles. The monoisotopic (exact) mass is 489 g/mol. The molecule has 1 fully saturated rings. The van der Waals surface area contributed by atoms with E-state index in [1.807, 2.05) is 26.0 Å². The van der Waals surface area contributed by atoms with Gasteiger partial charge in [-0.3, -0.25) is 4.79 Å². The first-order chi connectivity index (χ1) is 17.4. The first kappa shape index (κ1) is 23.7. The average molecular weight is 490 g/mol. The molecule has 0 unspecified atom stereocenters. The van der Waals surface area contributed by atoms with Crippen LogP contribution in [0.15, 0.2) is 55.1 Å². The highest BCUT2D eigenvalue weighted by atomic mass is 19.1. The Hall–Kier alpha value is -4.05. The van der Waals surface area contributed by atoms with Gasteiger partial charge in [-0.2, -0.15) is 0 Å². The Bertz CT molecular complexity index is 1400. The number of ether oxygens (including phenoxy) is 1. The minimum absolute atomic E-state index is 0.0189. The highest BCUT2D eigenvalue weighted by Crippen LogP contribution is 2.31. The highest BCUT2D eigenvalue weighted by molar-refractivity contribution is 5.94. The van der Waals surface area contributed by atoms with Gasteiger partial charge in [0.2, 0.25) is 0 Å². The summed E-state index contributed by atoms with van der Waals surface area (Å²) in [5.74, 6) is 0.997. The molecule has 0 radical (unpaired) electrons. The van der Waals surface area contributed by atoms with Gasteiger partial charge in [0.1, 0.15) is 29.2 Å². The lowest BCUT2D eigenvalue weighted by Gasteiger charge is -2.30. The zero-order valence-corrected chi connectivity index (χ0v) is 20.2. The molecular formula is C26H28FN7O2. The van der Waals surface area contributed by atoms with Gasteiger partial charge in [-0.25, -0.2) is 19.3 Å². The molecule has 36 heavy (non-hydrogen) atoms. The minimum atomic E-state index is -0.395. The molecule has 0 saturated carbocycles. The number of hydrogen-bond donors (Lipinski definition) is 2. The summed E-state index contributed by atoms with van der Waals surface area (Å²) in [6, 6.07) is 9.75. The number of benzene rings is 1. The van der Waals surface area contributed by atoms with E-state index in [0.717, 1.165) is 12.8 Å². The number of hydrogen-bond acceptors (Lipinski definition) is 7. The van der Waals surface area contributed by atoms with Crippen molar-refractivity contribution in [2.45, 2.75) is 38.8 Å². The van der Waals surface area contributed by atoms with E-state index in [0.29, 0.717) is 52.8 Å². The molecule has 186 valence electrons. The van der Waals surface area contributed by atoms with Crippen LogP contribution in [-0.2, 0) is 0 Å².